The van der Waals surface area contributed by atoms with Crippen LogP contribution >= 0.6 is 0 Å². The van der Waals surface area contributed by atoms with Crippen LogP contribution in [0.3, 0.4) is 0 Å². The molecule has 1 aromatic heterocycles. The van der Waals surface area contributed by atoms with Gasteiger partial charge < -0.3 is 11.5 Å². The molecule has 1 heterocycles. The topological polar surface area (TPSA) is 82.0 Å². The first-order valence-electron chi connectivity index (χ1n) is 3.16. The summed E-state index contributed by atoms with van der Waals surface area (Å²) in [6.07, 6.45) is 3.13. The number of rotatable bonds is 2. The number of nitrogens with two attached hydrogens (primary N) is 2. The van der Waals surface area contributed by atoms with Gasteiger partial charge in [0.25, 0.3) is 0 Å². The summed E-state index contributed by atoms with van der Waals surface area (Å²) in [7, 11) is 0. The zero-order chi connectivity index (χ0) is 8.27. The molecule has 11 heavy (non-hydrogen) atoms. The summed E-state index contributed by atoms with van der Waals surface area (Å²) in [5, 5.41) is 0. The van der Waals surface area contributed by atoms with Crippen LogP contribution in [0.2, 0.25) is 0 Å². The zero-order valence-electron chi connectivity index (χ0n) is 5.90. The van der Waals surface area contributed by atoms with Crippen LogP contribution in [-0.4, -0.2) is 10.9 Å². The minimum atomic E-state index is -0.747. The van der Waals surface area contributed by atoms with Crippen molar-refractivity contribution < 1.29 is 4.79 Å². The van der Waals surface area contributed by atoms with Crippen molar-refractivity contribution >= 4 is 5.91 Å². The fraction of sp³-hybridized carbons (Fsp3) is 0.143. The van der Waals surface area contributed by atoms with Gasteiger partial charge in [-0.15, -0.1) is 0 Å². The van der Waals surface area contributed by atoms with Gasteiger partial charge in [0, 0.05) is 12.4 Å². The van der Waals surface area contributed by atoms with Gasteiger partial charge in [-0.2, -0.15) is 0 Å². The second kappa shape index (κ2) is 3.12. The number of primary amides is 1. The Hall–Kier alpha value is -1.42. The fourth-order valence-electron chi connectivity index (χ4n) is 0.724. The van der Waals surface area contributed by atoms with E-state index in [0.29, 0.717) is 5.56 Å². The van der Waals surface area contributed by atoms with Crippen molar-refractivity contribution in [3.8, 4) is 0 Å². The van der Waals surface area contributed by atoms with Crippen LogP contribution in [0.4, 0.5) is 0 Å². The summed E-state index contributed by atoms with van der Waals surface area (Å²) in [5.41, 5.74) is 11.0. The maximum Gasteiger partial charge on any atom is 0.238 e. The third-order valence-electron chi connectivity index (χ3n) is 1.35. The number of carbonyl (C=O) groups excluding carboxylic acids is 1. The number of amides is 1. The molecule has 4 N–H and O–H groups in total. The first-order chi connectivity index (χ1) is 5.22. The molecule has 0 aromatic carbocycles. The molecule has 0 radical (unpaired) electrons. The lowest BCUT2D eigenvalue weighted by Crippen LogP contribution is -2.28. The molecule has 1 amide bonds. The Balaban J connectivity index is 2.85. The van der Waals surface area contributed by atoms with Crippen LogP contribution in [0.25, 0.3) is 0 Å². The molecule has 1 atom stereocenters. The van der Waals surface area contributed by atoms with Gasteiger partial charge in [-0.3, -0.25) is 9.78 Å². The van der Waals surface area contributed by atoms with Gasteiger partial charge in [-0.25, -0.2) is 0 Å². The molecule has 0 aliphatic rings. The highest BCUT2D eigenvalue weighted by molar-refractivity contribution is 5.80. The third kappa shape index (κ3) is 1.75. The van der Waals surface area contributed by atoms with Crippen LogP contribution in [0, 0.1) is 0 Å². The monoisotopic (exact) mass is 151 g/mol. The quantitative estimate of drug-likeness (QED) is 0.601. The summed E-state index contributed by atoms with van der Waals surface area (Å²) in [4.78, 5) is 14.4. The number of hydrogen-bond donors (Lipinski definition) is 2. The van der Waals surface area contributed by atoms with Crippen molar-refractivity contribution in [2.45, 2.75) is 6.04 Å². The molecule has 0 bridgehead atoms. The predicted molar refractivity (Wildman–Crippen MR) is 40.4 cm³/mol. The lowest BCUT2D eigenvalue weighted by molar-refractivity contribution is -0.119. The maximum absolute atomic E-state index is 10.6. The number of carbonyl (C=O) groups is 1. The van der Waals surface area contributed by atoms with Crippen molar-refractivity contribution in [2.75, 3.05) is 0 Å². The van der Waals surface area contributed by atoms with E-state index in [-0.39, 0.29) is 0 Å². The van der Waals surface area contributed by atoms with Gasteiger partial charge >= 0.3 is 0 Å². The number of hydrogen-bond acceptors (Lipinski definition) is 3. The first kappa shape index (κ1) is 7.68. The number of pyridine rings is 1. The van der Waals surface area contributed by atoms with Gasteiger partial charge in [0.2, 0.25) is 5.91 Å². The smallest absolute Gasteiger partial charge is 0.238 e. The highest BCUT2D eigenvalue weighted by atomic mass is 16.1. The van der Waals surface area contributed by atoms with Gasteiger partial charge in [0.05, 0.1) is 0 Å². The summed E-state index contributed by atoms with van der Waals surface area (Å²) < 4.78 is 0. The van der Waals surface area contributed by atoms with Gasteiger partial charge in [-0.1, -0.05) is 6.07 Å². The molecule has 0 unspecified atom stereocenters. The summed E-state index contributed by atoms with van der Waals surface area (Å²) in [5.74, 6) is -0.544. The second-order valence-electron chi connectivity index (χ2n) is 2.17. The van der Waals surface area contributed by atoms with Gasteiger partial charge in [-0.05, 0) is 11.6 Å². The van der Waals surface area contributed by atoms with Crippen LogP contribution in [-0.2, 0) is 4.79 Å². The van der Waals surface area contributed by atoms with Crippen LogP contribution in [0.15, 0.2) is 24.5 Å². The normalized spacial score (nSPS) is 12.5. The Kier molecular flexibility index (Phi) is 2.18. The van der Waals surface area contributed by atoms with Crippen LogP contribution < -0.4 is 11.5 Å². The van der Waals surface area contributed by atoms with E-state index in [1.807, 2.05) is 0 Å². The first-order valence-corrected chi connectivity index (χ1v) is 3.16. The van der Waals surface area contributed by atoms with Crippen molar-refractivity contribution in [2.24, 2.45) is 11.5 Å². The molecule has 4 heteroatoms. The van der Waals surface area contributed by atoms with Crippen LogP contribution in [0.1, 0.15) is 11.6 Å². The lowest BCUT2D eigenvalue weighted by Gasteiger charge is -2.04. The van der Waals surface area contributed by atoms with Gasteiger partial charge in [0.15, 0.2) is 0 Å². The molecule has 58 valence electrons. The zero-order valence-corrected chi connectivity index (χ0v) is 5.90. The Morgan fingerprint density at radius 1 is 1.64 bits per heavy atom. The molecule has 4 nitrogen and oxygen atoms in total. The number of nitrogens with zero attached hydrogens (tertiary/aromatic N) is 1. The molecule has 1 rings (SSSR count). The third-order valence-corrected chi connectivity index (χ3v) is 1.35. The molecule has 0 saturated heterocycles. The number of aromatic nitrogens is 1. The second-order valence-corrected chi connectivity index (χ2v) is 2.17. The van der Waals surface area contributed by atoms with Crippen molar-refractivity contribution in [1.29, 1.82) is 0 Å². The fourth-order valence-corrected chi connectivity index (χ4v) is 0.724. The van der Waals surface area contributed by atoms with E-state index in [0.717, 1.165) is 0 Å². The largest absolute Gasteiger partial charge is 0.368 e. The predicted octanol–water partition coefficient (Wildman–Crippen LogP) is -0.433. The summed E-state index contributed by atoms with van der Waals surface area (Å²) in [6, 6.07) is 2.67. The van der Waals surface area contributed by atoms with E-state index < -0.39 is 11.9 Å². The molecule has 0 fully saturated rings. The Labute approximate surface area is 64.2 Å². The van der Waals surface area contributed by atoms with E-state index in [4.69, 9.17) is 11.5 Å². The van der Waals surface area contributed by atoms with E-state index in [2.05, 4.69) is 4.98 Å². The highest BCUT2D eigenvalue weighted by Crippen LogP contribution is 2.05. The standard InChI is InChI=1S/C7H9N3O/c8-6(7(9)11)5-2-1-3-10-4-5/h1-4,6H,8H2,(H2,9,11)/t6-/m1/s1. The molecule has 0 spiro atoms. The van der Waals surface area contributed by atoms with Gasteiger partial charge in [0.1, 0.15) is 6.04 Å². The van der Waals surface area contributed by atoms with E-state index >= 15 is 0 Å². The minimum Gasteiger partial charge on any atom is -0.368 e. The molecule has 1 aromatic rings. The van der Waals surface area contributed by atoms with E-state index in [1.165, 1.54) is 6.20 Å². The average molecular weight is 151 g/mol. The molecular weight excluding hydrogens is 142 g/mol. The van der Waals surface area contributed by atoms with Crippen molar-refractivity contribution in [3.05, 3.63) is 30.1 Å². The summed E-state index contributed by atoms with van der Waals surface area (Å²) >= 11 is 0. The SMILES string of the molecule is NC(=O)[C@H](N)c1cccnc1. The average Bonchev–Trinajstić information content (AvgIpc) is 2.05. The highest BCUT2D eigenvalue weighted by Gasteiger charge is 2.10. The van der Waals surface area contributed by atoms with Crippen molar-refractivity contribution in [3.63, 3.8) is 0 Å². The maximum atomic E-state index is 10.6. The molecular formula is C7H9N3O. The Bertz CT molecular complexity index is 247. The Morgan fingerprint density at radius 2 is 2.36 bits per heavy atom. The van der Waals surface area contributed by atoms with Crippen molar-refractivity contribution in [1.82, 2.24) is 4.98 Å². The van der Waals surface area contributed by atoms with E-state index in [9.17, 15) is 4.79 Å². The van der Waals surface area contributed by atoms with Crippen LogP contribution in [0.5, 0.6) is 0 Å². The minimum absolute atomic E-state index is 0.544. The van der Waals surface area contributed by atoms with E-state index in [1.54, 1.807) is 18.3 Å². The lowest BCUT2D eigenvalue weighted by atomic mass is 10.1. The summed E-state index contributed by atoms with van der Waals surface area (Å²) in [6.45, 7) is 0. The molecule has 0 saturated carbocycles. The molecule has 0 aliphatic carbocycles. The Morgan fingerprint density at radius 3 is 2.82 bits per heavy atom. The molecule has 0 aliphatic heterocycles.